The molecule has 1 fully saturated rings. The molecular formula is C13H14FN3O. The van der Waals surface area contributed by atoms with Crippen molar-refractivity contribution >= 4 is 0 Å². The molecule has 1 aromatic heterocycles. The molecule has 1 aromatic carbocycles. The van der Waals surface area contributed by atoms with Crippen LogP contribution in [0.2, 0.25) is 0 Å². The standard InChI is InChI=1S/C13H14FN3O/c1-8-11(5-6-15-8)13-16-12(17-18-13)9-3-2-4-10(14)7-9/h2-4,7-8,11,15H,5-6H2,1H3. The summed E-state index contributed by atoms with van der Waals surface area (Å²) in [7, 11) is 0. The largest absolute Gasteiger partial charge is 0.339 e. The van der Waals surface area contributed by atoms with E-state index in [1.54, 1.807) is 12.1 Å². The molecular weight excluding hydrogens is 233 g/mol. The highest BCUT2D eigenvalue weighted by Crippen LogP contribution is 2.27. The van der Waals surface area contributed by atoms with Gasteiger partial charge in [-0.15, -0.1) is 0 Å². The quantitative estimate of drug-likeness (QED) is 0.885. The molecule has 1 saturated heterocycles. The summed E-state index contributed by atoms with van der Waals surface area (Å²) in [4.78, 5) is 4.37. The normalized spacial score (nSPS) is 23.4. The Morgan fingerprint density at radius 3 is 3.06 bits per heavy atom. The van der Waals surface area contributed by atoms with Gasteiger partial charge in [0.15, 0.2) is 0 Å². The van der Waals surface area contributed by atoms with Crippen LogP contribution in [0.4, 0.5) is 4.39 Å². The number of hydrogen-bond acceptors (Lipinski definition) is 4. The van der Waals surface area contributed by atoms with Crippen molar-refractivity contribution in [3.05, 3.63) is 36.0 Å². The van der Waals surface area contributed by atoms with Gasteiger partial charge in [0.05, 0.1) is 5.92 Å². The lowest BCUT2D eigenvalue weighted by molar-refractivity contribution is 0.345. The lowest BCUT2D eigenvalue weighted by Crippen LogP contribution is -2.21. The van der Waals surface area contributed by atoms with E-state index >= 15 is 0 Å². The van der Waals surface area contributed by atoms with Gasteiger partial charge in [-0.3, -0.25) is 0 Å². The number of halogens is 1. The lowest BCUT2D eigenvalue weighted by atomic mass is 10.0. The Balaban J connectivity index is 1.89. The van der Waals surface area contributed by atoms with Crippen LogP contribution in [-0.2, 0) is 0 Å². The lowest BCUT2D eigenvalue weighted by Gasteiger charge is -2.08. The van der Waals surface area contributed by atoms with Crippen LogP contribution in [0, 0.1) is 5.82 Å². The highest BCUT2D eigenvalue weighted by atomic mass is 19.1. The van der Waals surface area contributed by atoms with Crippen LogP contribution in [0.3, 0.4) is 0 Å². The summed E-state index contributed by atoms with van der Waals surface area (Å²) in [6, 6.07) is 6.55. The van der Waals surface area contributed by atoms with Crippen molar-refractivity contribution in [2.75, 3.05) is 6.54 Å². The Bertz CT molecular complexity index is 555. The van der Waals surface area contributed by atoms with E-state index in [9.17, 15) is 4.39 Å². The highest BCUT2D eigenvalue weighted by molar-refractivity contribution is 5.53. The Morgan fingerprint density at radius 2 is 2.33 bits per heavy atom. The van der Waals surface area contributed by atoms with Crippen LogP contribution in [-0.4, -0.2) is 22.7 Å². The monoisotopic (exact) mass is 247 g/mol. The van der Waals surface area contributed by atoms with Crippen molar-refractivity contribution in [1.29, 1.82) is 0 Å². The van der Waals surface area contributed by atoms with E-state index in [0.29, 0.717) is 23.3 Å². The average molecular weight is 247 g/mol. The molecule has 1 aliphatic heterocycles. The molecule has 2 atom stereocenters. The number of nitrogens with zero attached hydrogens (tertiary/aromatic N) is 2. The Morgan fingerprint density at radius 1 is 1.44 bits per heavy atom. The van der Waals surface area contributed by atoms with Crippen molar-refractivity contribution in [3.8, 4) is 11.4 Å². The fourth-order valence-electron chi connectivity index (χ4n) is 2.33. The molecule has 0 radical (unpaired) electrons. The zero-order chi connectivity index (χ0) is 12.5. The maximum absolute atomic E-state index is 13.1. The molecule has 0 amide bonds. The fourth-order valence-corrected chi connectivity index (χ4v) is 2.33. The Hall–Kier alpha value is -1.75. The van der Waals surface area contributed by atoms with Gasteiger partial charge in [0.2, 0.25) is 11.7 Å². The van der Waals surface area contributed by atoms with Crippen LogP contribution >= 0.6 is 0 Å². The van der Waals surface area contributed by atoms with Gasteiger partial charge in [-0.25, -0.2) is 4.39 Å². The van der Waals surface area contributed by atoms with Gasteiger partial charge in [0, 0.05) is 11.6 Å². The first-order valence-corrected chi connectivity index (χ1v) is 6.07. The molecule has 5 heteroatoms. The second-order valence-electron chi connectivity index (χ2n) is 4.60. The predicted octanol–water partition coefficient (Wildman–Crippen LogP) is 2.34. The van der Waals surface area contributed by atoms with Crippen molar-refractivity contribution in [1.82, 2.24) is 15.5 Å². The zero-order valence-electron chi connectivity index (χ0n) is 10.1. The summed E-state index contributed by atoms with van der Waals surface area (Å²) in [6.07, 6.45) is 0.992. The van der Waals surface area contributed by atoms with Gasteiger partial charge in [-0.1, -0.05) is 17.3 Å². The van der Waals surface area contributed by atoms with E-state index in [1.165, 1.54) is 12.1 Å². The van der Waals surface area contributed by atoms with Gasteiger partial charge in [-0.2, -0.15) is 4.98 Å². The first-order valence-electron chi connectivity index (χ1n) is 6.07. The molecule has 0 bridgehead atoms. The van der Waals surface area contributed by atoms with Crippen molar-refractivity contribution < 1.29 is 8.91 Å². The molecule has 3 rings (SSSR count). The molecule has 1 aliphatic rings. The summed E-state index contributed by atoms with van der Waals surface area (Å²) >= 11 is 0. The second-order valence-corrected chi connectivity index (χ2v) is 4.60. The van der Waals surface area contributed by atoms with Crippen LogP contribution < -0.4 is 5.32 Å². The zero-order valence-corrected chi connectivity index (χ0v) is 10.1. The number of benzene rings is 1. The number of aromatic nitrogens is 2. The molecule has 0 aliphatic carbocycles. The first kappa shape index (κ1) is 11.3. The SMILES string of the molecule is CC1NCCC1c1nc(-c2cccc(F)c2)no1. The van der Waals surface area contributed by atoms with E-state index in [1.807, 2.05) is 0 Å². The summed E-state index contributed by atoms with van der Waals surface area (Å²) in [6.45, 7) is 3.06. The minimum absolute atomic E-state index is 0.250. The fraction of sp³-hybridized carbons (Fsp3) is 0.385. The van der Waals surface area contributed by atoms with E-state index < -0.39 is 0 Å². The summed E-state index contributed by atoms with van der Waals surface area (Å²) < 4.78 is 18.4. The second kappa shape index (κ2) is 4.49. The Labute approximate surface area is 104 Å². The molecule has 18 heavy (non-hydrogen) atoms. The minimum Gasteiger partial charge on any atom is -0.339 e. The van der Waals surface area contributed by atoms with Crippen molar-refractivity contribution in [3.63, 3.8) is 0 Å². The van der Waals surface area contributed by atoms with Gasteiger partial charge in [0.25, 0.3) is 0 Å². The van der Waals surface area contributed by atoms with Gasteiger partial charge in [0.1, 0.15) is 5.82 Å². The predicted molar refractivity (Wildman–Crippen MR) is 64.5 cm³/mol. The maximum atomic E-state index is 13.1. The van der Waals surface area contributed by atoms with Gasteiger partial charge < -0.3 is 9.84 Å². The van der Waals surface area contributed by atoms with E-state index in [4.69, 9.17) is 4.52 Å². The maximum Gasteiger partial charge on any atom is 0.231 e. The summed E-state index contributed by atoms with van der Waals surface area (Å²) in [5.74, 6) is 1.03. The molecule has 1 N–H and O–H groups in total. The molecule has 0 saturated carbocycles. The molecule has 2 aromatic rings. The molecule has 94 valence electrons. The van der Waals surface area contributed by atoms with E-state index in [0.717, 1.165) is 13.0 Å². The van der Waals surface area contributed by atoms with E-state index in [-0.39, 0.29) is 11.7 Å². The third-order valence-corrected chi connectivity index (χ3v) is 3.37. The van der Waals surface area contributed by atoms with Crippen LogP contribution in [0.15, 0.2) is 28.8 Å². The Kier molecular flexibility index (Phi) is 2.83. The van der Waals surface area contributed by atoms with Crippen LogP contribution in [0.25, 0.3) is 11.4 Å². The smallest absolute Gasteiger partial charge is 0.231 e. The van der Waals surface area contributed by atoms with Gasteiger partial charge >= 0.3 is 0 Å². The minimum atomic E-state index is -0.297. The summed E-state index contributed by atoms with van der Waals surface area (Å²) in [5.41, 5.74) is 0.642. The topological polar surface area (TPSA) is 51.0 Å². The highest BCUT2D eigenvalue weighted by Gasteiger charge is 2.29. The molecule has 2 heterocycles. The number of rotatable bonds is 2. The molecule has 4 nitrogen and oxygen atoms in total. The first-order chi connectivity index (χ1) is 8.74. The third kappa shape index (κ3) is 2.01. The van der Waals surface area contributed by atoms with Crippen LogP contribution in [0.1, 0.15) is 25.2 Å². The molecule has 0 spiro atoms. The van der Waals surface area contributed by atoms with Gasteiger partial charge in [-0.05, 0) is 32.0 Å². The van der Waals surface area contributed by atoms with Crippen LogP contribution in [0.5, 0.6) is 0 Å². The third-order valence-electron chi connectivity index (χ3n) is 3.37. The number of hydrogen-bond donors (Lipinski definition) is 1. The van der Waals surface area contributed by atoms with Crippen molar-refractivity contribution in [2.45, 2.75) is 25.3 Å². The average Bonchev–Trinajstić information content (AvgIpc) is 2.97. The van der Waals surface area contributed by atoms with E-state index in [2.05, 4.69) is 22.4 Å². The molecule has 2 unspecified atom stereocenters. The van der Waals surface area contributed by atoms with Crippen molar-refractivity contribution in [2.24, 2.45) is 0 Å². The number of nitrogens with one attached hydrogen (secondary N) is 1. The summed E-state index contributed by atoms with van der Waals surface area (Å²) in [5, 5.41) is 7.26.